The Labute approximate surface area is 140 Å². The molecule has 1 amide bonds. The number of rotatable bonds is 2. The number of hydrogen-bond acceptors (Lipinski definition) is 3. The van der Waals surface area contributed by atoms with Gasteiger partial charge in [-0.25, -0.2) is 8.42 Å². The van der Waals surface area contributed by atoms with Gasteiger partial charge >= 0.3 is 0 Å². The molecule has 0 N–H and O–H groups in total. The van der Waals surface area contributed by atoms with Crippen molar-refractivity contribution in [3.05, 3.63) is 64.2 Å². The van der Waals surface area contributed by atoms with E-state index in [1.165, 1.54) is 4.90 Å². The number of benzene rings is 2. The molecule has 2 aromatic carbocycles. The van der Waals surface area contributed by atoms with Gasteiger partial charge in [-0.05, 0) is 48.7 Å². The van der Waals surface area contributed by atoms with Crippen LogP contribution < -0.4 is 4.90 Å². The first-order chi connectivity index (χ1) is 10.8. The van der Waals surface area contributed by atoms with Gasteiger partial charge in [0, 0.05) is 10.7 Å². The third-order valence-corrected chi connectivity index (χ3v) is 6.22. The maximum Gasteiger partial charge on any atom is 0.243 e. The van der Waals surface area contributed by atoms with E-state index in [0.717, 1.165) is 11.1 Å². The van der Waals surface area contributed by atoms with Crippen molar-refractivity contribution in [1.29, 1.82) is 0 Å². The molecule has 0 saturated carbocycles. The zero-order valence-electron chi connectivity index (χ0n) is 12.8. The highest BCUT2D eigenvalue weighted by atomic mass is 35.5. The molecule has 3 rings (SSSR count). The zero-order valence-corrected chi connectivity index (χ0v) is 14.4. The van der Waals surface area contributed by atoms with Crippen molar-refractivity contribution >= 4 is 33.0 Å². The molecule has 0 aliphatic carbocycles. The average Bonchev–Trinajstić information content (AvgIpc) is 2.72. The van der Waals surface area contributed by atoms with Crippen LogP contribution in [0.15, 0.2) is 42.5 Å². The summed E-state index contributed by atoms with van der Waals surface area (Å²) in [5.41, 5.74) is 3.09. The van der Waals surface area contributed by atoms with Crippen LogP contribution in [0.25, 0.3) is 0 Å². The Balaban J connectivity index is 2.19. The molecule has 6 heteroatoms. The highest BCUT2D eigenvalue weighted by molar-refractivity contribution is 7.93. The predicted octanol–water partition coefficient (Wildman–Crippen LogP) is 3.42. The lowest BCUT2D eigenvalue weighted by molar-refractivity contribution is -0.115. The third kappa shape index (κ3) is 2.75. The van der Waals surface area contributed by atoms with Gasteiger partial charge < -0.3 is 0 Å². The molecule has 1 unspecified atom stereocenters. The molecule has 1 aliphatic rings. The predicted molar refractivity (Wildman–Crippen MR) is 91.4 cm³/mol. The topological polar surface area (TPSA) is 54.5 Å². The van der Waals surface area contributed by atoms with Crippen molar-refractivity contribution in [3.8, 4) is 0 Å². The van der Waals surface area contributed by atoms with E-state index in [2.05, 4.69) is 0 Å². The van der Waals surface area contributed by atoms with Crippen molar-refractivity contribution in [1.82, 2.24) is 0 Å². The first-order valence-corrected chi connectivity index (χ1v) is 9.26. The minimum Gasteiger partial charge on any atom is -0.289 e. The van der Waals surface area contributed by atoms with Crippen molar-refractivity contribution in [2.75, 3.05) is 10.7 Å². The molecule has 2 aromatic rings. The SMILES string of the molecule is Cc1cccc(N2C(=O)CS(=O)(=O)C2c2ccc(Cl)cc2)c1C. The number of carbonyl (C=O) groups is 1. The molecule has 0 bridgehead atoms. The Morgan fingerprint density at radius 3 is 2.39 bits per heavy atom. The number of carbonyl (C=O) groups excluding carboxylic acids is 1. The Morgan fingerprint density at radius 2 is 1.74 bits per heavy atom. The van der Waals surface area contributed by atoms with Crippen LogP contribution in [0, 0.1) is 13.8 Å². The minimum absolute atomic E-state index is 0.404. The van der Waals surface area contributed by atoms with Gasteiger partial charge in [0.15, 0.2) is 15.2 Å². The maximum atomic E-state index is 12.5. The van der Waals surface area contributed by atoms with E-state index in [-0.39, 0.29) is 0 Å². The van der Waals surface area contributed by atoms with E-state index in [0.29, 0.717) is 16.3 Å². The number of nitrogens with zero attached hydrogens (tertiary/aromatic N) is 1. The van der Waals surface area contributed by atoms with Gasteiger partial charge in [-0.15, -0.1) is 0 Å². The first-order valence-electron chi connectivity index (χ1n) is 7.16. The van der Waals surface area contributed by atoms with Gasteiger partial charge in [0.1, 0.15) is 5.75 Å². The first kappa shape index (κ1) is 16.0. The summed E-state index contributed by atoms with van der Waals surface area (Å²) >= 11 is 5.89. The second kappa shape index (κ2) is 5.65. The molecule has 1 fully saturated rings. The molecule has 0 spiro atoms. The van der Waals surface area contributed by atoms with Crippen LogP contribution >= 0.6 is 11.6 Å². The van der Waals surface area contributed by atoms with Crippen LogP contribution in [0.2, 0.25) is 5.02 Å². The summed E-state index contributed by atoms with van der Waals surface area (Å²) in [5.74, 6) is -0.883. The average molecular weight is 350 g/mol. The number of sulfone groups is 1. The van der Waals surface area contributed by atoms with Crippen LogP contribution in [0.3, 0.4) is 0 Å². The fourth-order valence-electron chi connectivity index (χ4n) is 2.85. The van der Waals surface area contributed by atoms with Crippen molar-refractivity contribution in [2.45, 2.75) is 19.2 Å². The lowest BCUT2D eigenvalue weighted by Crippen LogP contribution is -2.29. The van der Waals surface area contributed by atoms with Crippen molar-refractivity contribution in [2.24, 2.45) is 0 Å². The van der Waals surface area contributed by atoms with Gasteiger partial charge in [-0.3, -0.25) is 9.69 Å². The van der Waals surface area contributed by atoms with Crippen LogP contribution in [0.5, 0.6) is 0 Å². The Kier molecular flexibility index (Phi) is 3.94. The number of halogens is 1. The molecule has 4 nitrogen and oxygen atoms in total. The Hall–Kier alpha value is -1.85. The molecule has 1 atom stereocenters. The number of anilines is 1. The summed E-state index contributed by atoms with van der Waals surface area (Å²) in [6.07, 6.45) is 0. The summed E-state index contributed by atoms with van der Waals surface area (Å²) in [4.78, 5) is 13.8. The van der Waals surface area contributed by atoms with Gasteiger partial charge in [-0.2, -0.15) is 0 Å². The van der Waals surface area contributed by atoms with E-state index >= 15 is 0 Å². The molecule has 1 heterocycles. The molecule has 1 saturated heterocycles. The largest absolute Gasteiger partial charge is 0.289 e. The minimum atomic E-state index is -3.60. The zero-order chi connectivity index (χ0) is 16.8. The fraction of sp³-hybridized carbons (Fsp3) is 0.235. The van der Waals surface area contributed by atoms with E-state index < -0.39 is 26.9 Å². The summed E-state index contributed by atoms with van der Waals surface area (Å²) in [6.45, 7) is 3.83. The Morgan fingerprint density at radius 1 is 1.09 bits per heavy atom. The van der Waals surface area contributed by atoms with E-state index in [9.17, 15) is 13.2 Å². The van der Waals surface area contributed by atoms with Crippen LogP contribution in [-0.4, -0.2) is 20.1 Å². The second-order valence-corrected chi connectivity index (χ2v) is 8.19. The quantitative estimate of drug-likeness (QED) is 0.834. The number of aryl methyl sites for hydroxylation is 1. The standard InChI is InChI=1S/C17H16ClNO3S/c1-11-4-3-5-15(12(11)2)19-16(20)10-23(21,22)17(19)13-6-8-14(18)9-7-13/h3-9,17H,10H2,1-2H3. The van der Waals surface area contributed by atoms with Crippen molar-refractivity contribution < 1.29 is 13.2 Å². The fourth-order valence-corrected chi connectivity index (χ4v) is 4.74. The summed E-state index contributed by atoms with van der Waals surface area (Å²) in [6, 6.07) is 12.1. The molecular formula is C17H16ClNO3S. The van der Waals surface area contributed by atoms with Crippen LogP contribution in [-0.2, 0) is 14.6 Å². The molecule has 0 radical (unpaired) electrons. The molecular weight excluding hydrogens is 334 g/mol. The van der Waals surface area contributed by atoms with Gasteiger partial charge in [0.05, 0.1) is 0 Å². The molecule has 1 aliphatic heterocycles. The summed E-state index contributed by atoms with van der Waals surface area (Å²) in [5, 5.41) is -0.485. The van der Waals surface area contributed by atoms with Crippen LogP contribution in [0.1, 0.15) is 22.1 Å². The second-order valence-electron chi connectivity index (χ2n) is 5.69. The van der Waals surface area contributed by atoms with Gasteiger partial charge in [-0.1, -0.05) is 35.9 Å². The van der Waals surface area contributed by atoms with Gasteiger partial charge in [0.2, 0.25) is 5.91 Å². The molecule has 120 valence electrons. The van der Waals surface area contributed by atoms with E-state index in [1.807, 2.05) is 26.0 Å². The third-order valence-electron chi connectivity index (χ3n) is 4.16. The van der Waals surface area contributed by atoms with E-state index in [1.54, 1.807) is 30.3 Å². The summed E-state index contributed by atoms with van der Waals surface area (Å²) in [7, 11) is -3.60. The number of amides is 1. The van der Waals surface area contributed by atoms with Crippen LogP contribution in [0.4, 0.5) is 5.69 Å². The van der Waals surface area contributed by atoms with Gasteiger partial charge in [0.25, 0.3) is 0 Å². The molecule has 0 aromatic heterocycles. The highest BCUT2D eigenvalue weighted by Crippen LogP contribution is 2.39. The lowest BCUT2D eigenvalue weighted by atomic mass is 10.1. The Bertz CT molecular complexity index is 875. The maximum absolute atomic E-state index is 12.5. The highest BCUT2D eigenvalue weighted by Gasteiger charge is 2.46. The van der Waals surface area contributed by atoms with E-state index in [4.69, 9.17) is 11.6 Å². The van der Waals surface area contributed by atoms with Crippen molar-refractivity contribution in [3.63, 3.8) is 0 Å². The normalized spacial score (nSPS) is 20.0. The lowest BCUT2D eigenvalue weighted by Gasteiger charge is -2.26. The summed E-state index contributed by atoms with van der Waals surface area (Å²) < 4.78 is 25.1. The molecule has 23 heavy (non-hydrogen) atoms. The monoisotopic (exact) mass is 349 g/mol. The smallest absolute Gasteiger partial charge is 0.243 e. The number of hydrogen-bond donors (Lipinski definition) is 0.